The van der Waals surface area contributed by atoms with Crippen LogP contribution in [0.15, 0.2) is 12.2 Å². The zero-order chi connectivity index (χ0) is 6.62. The van der Waals surface area contributed by atoms with Crippen molar-refractivity contribution in [3.63, 3.8) is 0 Å². The molecule has 0 bridgehead atoms. The van der Waals surface area contributed by atoms with E-state index in [1.54, 1.807) is 0 Å². The van der Waals surface area contributed by atoms with Crippen LogP contribution in [0.2, 0.25) is 0 Å². The van der Waals surface area contributed by atoms with Gasteiger partial charge in [-0.05, 0) is 13.0 Å². The first-order chi connectivity index (χ1) is 3.62. The largest absolute Gasteiger partial charge is 0.390 e. The summed E-state index contributed by atoms with van der Waals surface area (Å²) in [4.78, 5) is 0. The minimum absolute atomic E-state index is 0.660. The smallest absolute Gasteiger partial charge is 0.289 e. The molecule has 0 rings (SSSR count). The average Bonchev–Trinajstić information content (AvgIpc) is 1.67. The third-order valence-electron chi connectivity index (χ3n) is 0.621. The van der Waals surface area contributed by atoms with Crippen LogP contribution >= 0.6 is 0 Å². The summed E-state index contributed by atoms with van der Waals surface area (Å²) < 4.78 is 23.6. The molecule has 0 radical (unpaired) electrons. The molecule has 0 spiro atoms. The molecule has 0 heterocycles. The number of alkyl halides is 2. The van der Waals surface area contributed by atoms with Crippen LogP contribution in [0.3, 0.4) is 0 Å². The number of halogens is 2. The molecule has 48 valence electrons. The van der Waals surface area contributed by atoms with Crippen LogP contribution in [0.4, 0.5) is 8.78 Å². The normalized spacial score (nSPS) is 13.0. The average molecular weight is 122 g/mol. The van der Waals surface area contributed by atoms with Crippen LogP contribution in [-0.4, -0.2) is 17.6 Å². The molecule has 0 unspecified atom stereocenters. The lowest BCUT2D eigenvalue weighted by Gasteiger charge is -2.04. The molecule has 0 aliphatic rings. The van der Waals surface area contributed by atoms with Gasteiger partial charge in [0, 0.05) is 0 Å². The van der Waals surface area contributed by atoms with E-state index < -0.39 is 12.5 Å². The zero-order valence-electron chi connectivity index (χ0n) is 4.56. The van der Waals surface area contributed by atoms with Gasteiger partial charge in [0.05, 0.1) is 0 Å². The SMILES string of the molecule is CC=CC(F)(F)CO. The van der Waals surface area contributed by atoms with Crippen LogP contribution in [0.1, 0.15) is 6.92 Å². The van der Waals surface area contributed by atoms with Gasteiger partial charge < -0.3 is 5.11 Å². The second-order valence-corrected chi connectivity index (χ2v) is 1.42. The minimum Gasteiger partial charge on any atom is -0.390 e. The fraction of sp³-hybridized carbons (Fsp3) is 0.600. The lowest BCUT2D eigenvalue weighted by atomic mass is 10.3. The van der Waals surface area contributed by atoms with Crippen molar-refractivity contribution in [3.8, 4) is 0 Å². The zero-order valence-corrected chi connectivity index (χ0v) is 4.56. The van der Waals surface area contributed by atoms with Gasteiger partial charge in [0.25, 0.3) is 5.92 Å². The first-order valence-corrected chi connectivity index (χ1v) is 2.25. The fourth-order valence-electron chi connectivity index (χ4n) is 0.297. The Morgan fingerprint density at radius 1 is 1.62 bits per heavy atom. The molecule has 1 nitrogen and oxygen atoms in total. The molecular formula is C5H8F2O. The quantitative estimate of drug-likeness (QED) is 0.545. The van der Waals surface area contributed by atoms with Crippen molar-refractivity contribution >= 4 is 0 Å². The van der Waals surface area contributed by atoms with Crippen LogP contribution in [-0.2, 0) is 0 Å². The maximum atomic E-state index is 11.8. The summed E-state index contributed by atoms with van der Waals surface area (Å²) in [6.07, 6.45) is 1.86. The van der Waals surface area contributed by atoms with Crippen molar-refractivity contribution in [2.24, 2.45) is 0 Å². The summed E-state index contributed by atoms with van der Waals surface area (Å²) in [6, 6.07) is 0. The van der Waals surface area contributed by atoms with Gasteiger partial charge in [-0.2, -0.15) is 8.78 Å². The van der Waals surface area contributed by atoms with E-state index in [0.29, 0.717) is 6.08 Å². The highest BCUT2D eigenvalue weighted by atomic mass is 19.3. The molecular weight excluding hydrogens is 114 g/mol. The summed E-state index contributed by atoms with van der Waals surface area (Å²) >= 11 is 0. The van der Waals surface area contributed by atoms with Crippen molar-refractivity contribution in [1.82, 2.24) is 0 Å². The highest BCUT2D eigenvalue weighted by Crippen LogP contribution is 2.12. The molecule has 0 aromatic rings. The van der Waals surface area contributed by atoms with Gasteiger partial charge in [0.15, 0.2) is 0 Å². The Labute approximate surface area is 46.6 Å². The van der Waals surface area contributed by atoms with E-state index in [2.05, 4.69) is 0 Å². The van der Waals surface area contributed by atoms with E-state index in [-0.39, 0.29) is 0 Å². The standard InChI is InChI=1S/C5H8F2O/c1-2-3-5(6,7)4-8/h2-3,8H,4H2,1H3. The van der Waals surface area contributed by atoms with Gasteiger partial charge >= 0.3 is 0 Å². The van der Waals surface area contributed by atoms with E-state index in [1.165, 1.54) is 13.0 Å². The number of hydrogen-bond acceptors (Lipinski definition) is 1. The van der Waals surface area contributed by atoms with Gasteiger partial charge in [0.1, 0.15) is 6.61 Å². The molecule has 0 saturated heterocycles. The lowest BCUT2D eigenvalue weighted by molar-refractivity contribution is -0.00492. The number of allylic oxidation sites excluding steroid dienone is 1. The summed E-state index contributed by atoms with van der Waals surface area (Å²) in [5.74, 6) is -3.03. The third kappa shape index (κ3) is 2.69. The molecule has 8 heavy (non-hydrogen) atoms. The first-order valence-electron chi connectivity index (χ1n) is 2.25. The summed E-state index contributed by atoms with van der Waals surface area (Å²) in [5, 5.41) is 7.92. The summed E-state index contributed by atoms with van der Waals surface area (Å²) in [7, 11) is 0. The summed E-state index contributed by atoms with van der Waals surface area (Å²) in [5.41, 5.74) is 0. The van der Waals surface area contributed by atoms with Crippen molar-refractivity contribution in [2.75, 3.05) is 6.61 Å². The second-order valence-electron chi connectivity index (χ2n) is 1.42. The van der Waals surface area contributed by atoms with Gasteiger partial charge in [-0.15, -0.1) is 0 Å². The summed E-state index contributed by atoms with van der Waals surface area (Å²) in [6.45, 7) is 0.362. The highest BCUT2D eigenvalue weighted by molar-refractivity contribution is 4.91. The maximum Gasteiger partial charge on any atom is 0.289 e. The van der Waals surface area contributed by atoms with Crippen LogP contribution in [0.5, 0.6) is 0 Å². The lowest BCUT2D eigenvalue weighted by Crippen LogP contribution is -2.16. The van der Waals surface area contributed by atoms with Crippen molar-refractivity contribution in [1.29, 1.82) is 0 Å². The Balaban J connectivity index is 3.71. The Kier molecular flexibility index (Phi) is 2.62. The molecule has 0 aromatic heterocycles. The molecule has 1 N–H and O–H groups in total. The van der Waals surface area contributed by atoms with Gasteiger partial charge in [-0.25, -0.2) is 0 Å². The molecule has 0 amide bonds. The topological polar surface area (TPSA) is 20.2 Å². The van der Waals surface area contributed by atoms with Crippen LogP contribution < -0.4 is 0 Å². The fourth-order valence-corrected chi connectivity index (χ4v) is 0.297. The molecule has 0 saturated carbocycles. The number of rotatable bonds is 2. The number of aliphatic hydroxyl groups excluding tert-OH is 1. The molecule has 0 aliphatic carbocycles. The Bertz CT molecular complexity index is 88.4. The van der Waals surface area contributed by atoms with Gasteiger partial charge in [-0.1, -0.05) is 6.08 Å². The van der Waals surface area contributed by atoms with E-state index in [0.717, 1.165) is 0 Å². The maximum absolute atomic E-state index is 11.8. The van der Waals surface area contributed by atoms with E-state index >= 15 is 0 Å². The van der Waals surface area contributed by atoms with Gasteiger partial charge in [0.2, 0.25) is 0 Å². The van der Waals surface area contributed by atoms with Crippen LogP contribution in [0, 0.1) is 0 Å². The van der Waals surface area contributed by atoms with Gasteiger partial charge in [-0.3, -0.25) is 0 Å². The third-order valence-corrected chi connectivity index (χ3v) is 0.621. The molecule has 0 fully saturated rings. The van der Waals surface area contributed by atoms with Crippen LogP contribution in [0.25, 0.3) is 0 Å². The monoisotopic (exact) mass is 122 g/mol. The predicted molar refractivity (Wildman–Crippen MR) is 26.8 cm³/mol. The molecule has 0 atom stereocenters. The highest BCUT2D eigenvalue weighted by Gasteiger charge is 2.21. The molecule has 0 aliphatic heterocycles. The Morgan fingerprint density at radius 3 is 2.25 bits per heavy atom. The van der Waals surface area contributed by atoms with Crippen molar-refractivity contribution in [2.45, 2.75) is 12.8 Å². The Morgan fingerprint density at radius 2 is 2.12 bits per heavy atom. The van der Waals surface area contributed by atoms with Crippen molar-refractivity contribution in [3.05, 3.63) is 12.2 Å². The minimum atomic E-state index is -3.03. The number of hydrogen-bond donors (Lipinski definition) is 1. The van der Waals surface area contributed by atoms with E-state index in [9.17, 15) is 8.78 Å². The van der Waals surface area contributed by atoms with Crippen molar-refractivity contribution < 1.29 is 13.9 Å². The second kappa shape index (κ2) is 2.77. The number of aliphatic hydroxyl groups is 1. The van der Waals surface area contributed by atoms with E-state index in [4.69, 9.17) is 5.11 Å². The molecule has 0 aromatic carbocycles. The first kappa shape index (κ1) is 7.56. The molecule has 3 heteroatoms. The predicted octanol–water partition coefficient (Wildman–Crippen LogP) is 1.19. The Hall–Kier alpha value is -0.440. The van der Waals surface area contributed by atoms with E-state index in [1.807, 2.05) is 0 Å².